The SMILES string of the molecule is Fc1cccc(-c2ccc(CN3CCN(Cc4nnnn4C4CC4)CC3)s2)c1. The predicted molar refractivity (Wildman–Crippen MR) is 106 cm³/mol. The van der Waals surface area contributed by atoms with Gasteiger partial charge in [0.05, 0.1) is 12.6 Å². The summed E-state index contributed by atoms with van der Waals surface area (Å²) in [6, 6.07) is 11.6. The van der Waals surface area contributed by atoms with Crippen molar-refractivity contribution < 1.29 is 4.39 Å². The van der Waals surface area contributed by atoms with Crippen LogP contribution in [0.4, 0.5) is 4.39 Å². The lowest BCUT2D eigenvalue weighted by Gasteiger charge is -2.34. The summed E-state index contributed by atoms with van der Waals surface area (Å²) in [4.78, 5) is 7.38. The van der Waals surface area contributed by atoms with E-state index in [1.54, 1.807) is 23.5 Å². The van der Waals surface area contributed by atoms with Gasteiger partial charge in [0.1, 0.15) is 5.82 Å². The quantitative estimate of drug-likeness (QED) is 0.638. The summed E-state index contributed by atoms with van der Waals surface area (Å²) in [6.45, 7) is 5.92. The number of tetrazole rings is 1. The molecule has 2 aliphatic rings. The molecule has 0 atom stereocenters. The maximum Gasteiger partial charge on any atom is 0.165 e. The third-order valence-corrected chi connectivity index (χ3v) is 6.55. The molecular formula is C20H23FN6S. The largest absolute Gasteiger partial charge is 0.296 e. The van der Waals surface area contributed by atoms with E-state index in [2.05, 4.69) is 37.5 Å². The molecule has 1 saturated carbocycles. The molecule has 8 heteroatoms. The molecule has 3 heterocycles. The van der Waals surface area contributed by atoms with Crippen LogP contribution >= 0.6 is 11.3 Å². The smallest absolute Gasteiger partial charge is 0.165 e. The molecule has 1 aliphatic carbocycles. The van der Waals surface area contributed by atoms with Crippen molar-refractivity contribution in [3.05, 3.63) is 52.9 Å². The number of thiophene rings is 1. The van der Waals surface area contributed by atoms with Gasteiger partial charge in [0, 0.05) is 42.5 Å². The number of piperazine rings is 1. The summed E-state index contributed by atoms with van der Waals surface area (Å²) in [7, 11) is 0. The molecule has 0 bridgehead atoms. The molecule has 6 nitrogen and oxygen atoms in total. The zero-order chi connectivity index (χ0) is 18.9. The first kappa shape index (κ1) is 17.9. The maximum atomic E-state index is 13.5. The number of aromatic nitrogens is 4. The van der Waals surface area contributed by atoms with Crippen LogP contribution < -0.4 is 0 Å². The molecule has 0 spiro atoms. The van der Waals surface area contributed by atoms with Crippen molar-refractivity contribution >= 4 is 11.3 Å². The third-order valence-electron chi connectivity index (χ3n) is 5.43. The van der Waals surface area contributed by atoms with Gasteiger partial charge in [-0.1, -0.05) is 12.1 Å². The Morgan fingerprint density at radius 2 is 1.79 bits per heavy atom. The summed E-state index contributed by atoms with van der Waals surface area (Å²) < 4.78 is 15.5. The molecule has 146 valence electrons. The molecule has 2 fully saturated rings. The van der Waals surface area contributed by atoms with Crippen LogP contribution in [0, 0.1) is 5.82 Å². The maximum absolute atomic E-state index is 13.5. The van der Waals surface area contributed by atoms with Crippen LogP contribution in [0.2, 0.25) is 0 Å². The van der Waals surface area contributed by atoms with E-state index in [4.69, 9.17) is 0 Å². The van der Waals surface area contributed by atoms with Gasteiger partial charge in [-0.05, 0) is 53.1 Å². The van der Waals surface area contributed by atoms with Crippen molar-refractivity contribution in [2.24, 2.45) is 0 Å². The first-order valence-electron chi connectivity index (χ1n) is 9.81. The minimum atomic E-state index is -0.184. The second-order valence-electron chi connectivity index (χ2n) is 7.60. The summed E-state index contributed by atoms with van der Waals surface area (Å²) >= 11 is 1.75. The molecule has 28 heavy (non-hydrogen) atoms. The van der Waals surface area contributed by atoms with E-state index in [1.807, 2.05) is 10.7 Å². The molecule has 0 amide bonds. The Morgan fingerprint density at radius 1 is 1.00 bits per heavy atom. The molecule has 0 N–H and O–H groups in total. The standard InChI is InChI=1S/C20H23FN6S/c21-16-3-1-2-15(12-16)19-7-6-18(28-19)13-25-8-10-26(11-9-25)14-20-22-23-24-27(20)17-4-5-17/h1-3,6-7,12,17H,4-5,8-11,13-14H2. The lowest BCUT2D eigenvalue weighted by molar-refractivity contribution is 0.119. The zero-order valence-electron chi connectivity index (χ0n) is 15.7. The van der Waals surface area contributed by atoms with Crippen molar-refractivity contribution in [1.82, 2.24) is 30.0 Å². The van der Waals surface area contributed by atoms with Gasteiger partial charge in [-0.3, -0.25) is 9.80 Å². The number of benzene rings is 1. The van der Waals surface area contributed by atoms with Crippen molar-refractivity contribution in [2.75, 3.05) is 26.2 Å². The van der Waals surface area contributed by atoms with E-state index in [1.165, 1.54) is 23.8 Å². The number of halogens is 1. The third kappa shape index (κ3) is 3.99. The van der Waals surface area contributed by atoms with Crippen molar-refractivity contribution in [1.29, 1.82) is 0 Å². The fourth-order valence-corrected chi connectivity index (χ4v) is 4.75. The summed E-state index contributed by atoms with van der Waals surface area (Å²) in [5, 5.41) is 12.2. The highest BCUT2D eigenvalue weighted by Crippen LogP contribution is 2.34. The molecule has 5 rings (SSSR count). The summed E-state index contributed by atoms with van der Waals surface area (Å²) in [5.74, 6) is 0.810. The molecule has 1 aliphatic heterocycles. The first-order valence-corrected chi connectivity index (χ1v) is 10.6. The molecule has 0 radical (unpaired) electrons. The van der Waals surface area contributed by atoms with Crippen LogP contribution in [0.15, 0.2) is 36.4 Å². The zero-order valence-corrected chi connectivity index (χ0v) is 16.5. The van der Waals surface area contributed by atoms with Crippen LogP contribution in [0.3, 0.4) is 0 Å². The van der Waals surface area contributed by atoms with Crippen LogP contribution in [0.25, 0.3) is 10.4 Å². The van der Waals surface area contributed by atoms with Crippen molar-refractivity contribution in [3.63, 3.8) is 0 Å². The lowest BCUT2D eigenvalue weighted by Crippen LogP contribution is -2.45. The average Bonchev–Trinajstić information content (AvgIpc) is 3.26. The number of rotatable bonds is 6. The van der Waals surface area contributed by atoms with Gasteiger partial charge in [-0.25, -0.2) is 9.07 Å². The number of nitrogens with zero attached hydrogens (tertiary/aromatic N) is 6. The second-order valence-corrected chi connectivity index (χ2v) is 8.77. The lowest BCUT2D eigenvalue weighted by atomic mass is 10.2. The average molecular weight is 399 g/mol. The Labute approximate surface area is 167 Å². The Hall–Kier alpha value is -2.16. The van der Waals surface area contributed by atoms with Crippen molar-refractivity contribution in [3.8, 4) is 10.4 Å². The van der Waals surface area contributed by atoms with E-state index in [0.29, 0.717) is 6.04 Å². The Bertz CT molecular complexity index is 942. The van der Waals surface area contributed by atoms with Gasteiger partial charge in [-0.15, -0.1) is 16.4 Å². The Balaban J connectivity index is 1.15. The minimum absolute atomic E-state index is 0.184. The van der Waals surface area contributed by atoms with E-state index in [0.717, 1.165) is 55.5 Å². The first-order chi connectivity index (χ1) is 13.7. The summed E-state index contributed by atoms with van der Waals surface area (Å²) in [6.07, 6.45) is 2.40. The summed E-state index contributed by atoms with van der Waals surface area (Å²) in [5.41, 5.74) is 0.953. The molecule has 1 saturated heterocycles. The van der Waals surface area contributed by atoms with E-state index in [9.17, 15) is 4.39 Å². The predicted octanol–water partition coefficient (Wildman–Crippen LogP) is 3.19. The highest BCUT2D eigenvalue weighted by Gasteiger charge is 2.28. The molecular weight excluding hydrogens is 375 g/mol. The number of hydrogen-bond acceptors (Lipinski definition) is 6. The molecule has 1 aromatic carbocycles. The second kappa shape index (κ2) is 7.69. The molecule has 3 aromatic rings. The molecule has 2 aromatic heterocycles. The van der Waals surface area contributed by atoms with Crippen LogP contribution in [0.5, 0.6) is 0 Å². The van der Waals surface area contributed by atoms with Gasteiger partial charge in [0.2, 0.25) is 0 Å². The van der Waals surface area contributed by atoms with Crippen LogP contribution in [-0.2, 0) is 13.1 Å². The van der Waals surface area contributed by atoms with Gasteiger partial charge in [0.15, 0.2) is 5.82 Å². The fraction of sp³-hybridized carbons (Fsp3) is 0.450. The van der Waals surface area contributed by atoms with E-state index < -0.39 is 0 Å². The molecule has 0 unspecified atom stereocenters. The van der Waals surface area contributed by atoms with Gasteiger partial charge in [-0.2, -0.15) is 0 Å². The fourth-order valence-electron chi connectivity index (χ4n) is 3.70. The minimum Gasteiger partial charge on any atom is -0.296 e. The Morgan fingerprint density at radius 3 is 2.54 bits per heavy atom. The highest BCUT2D eigenvalue weighted by atomic mass is 32.1. The van der Waals surface area contributed by atoms with E-state index in [-0.39, 0.29) is 5.82 Å². The van der Waals surface area contributed by atoms with Gasteiger partial charge < -0.3 is 0 Å². The van der Waals surface area contributed by atoms with Crippen LogP contribution in [0.1, 0.15) is 29.6 Å². The van der Waals surface area contributed by atoms with Gasteiger partial charge in [0.25, 0.3) is 0 Å². The monoisotopic (exact) mass is 398 g/mol. The van der Waals surface area contributed by atoms with Gasteiger partial charge >= 0.3 is 0 Å². The topological polar surface area (TPSA) is 50.1 Å². The van der Waals surface area contributed by atoms with Crippen molar-refractivity contribution in [2.45, 2.75) is 32.0 Å². The number of hydrogen-bond donors (Lipinski definition) is 0. The normalized spacial score (nSPS) is 18.6. The van der Waals surface area contributed by atoms with Crippen LogP contribution in [-0.4, -0.2) is 56.2 Å². The Kier molecular flexibility index (Phi) is 4.92. The van der Waals surface area contributed by atoms with E-state index >= 15 is 0 Å². The highest BCUT2D eigenvalue weighted by molar-refractivity contribution is 7.15.